The molecule has 0 aliphatic rings. The molecule has 0 heterocycles. The largest absolute Gasteiger partial charge is 0.298 e. The van der Waals surface area contributed by atoms with Crippen molar-refractivity contribution in [2.45, 2.75) is 99.3 Å². The van der Waals surface area contributed by atoms with Crippen molar-refractivity contribution in [3.05, 3.63) is 64.2 Å². The number of aliphatic imine (C=N–C) groups is 1. The zero-order chi connectivity index (χ0) is 23.3. The molecule has 2 aromatic carbocycles. The van der Waals surface area contributed by atoms with Gasteiger partial charge < -0.3 is 0 Å². The number of hydrogen-bond donors (Lipinski definition) is 0. The quantitative estimate of drug-likeness (QED) is 0.123. The first-order valence-corrected chi connectivity index (χ1v) is 13.0. The van der Waals surface area contributed by atoms with Crippen LogP contribution in [-0.4, -0.2) is 23.2 Å². The molecule has 0 fully saturated rings. The predicted molar refractivity (Wildman–Crippen MR) is 142 cm³/mol. The van der Waals surface area contributed by atoms with Crippen molar-refractivity contribution in [1.82, 2.24) is 0 Å². The molecule has 2 nitrogen and oxygen atoms in total. The van der Waals surface area contributed by atoms with E-state index < -0.39 is 0 Å². The summed E-state index contributed by atoms with van der Waals surface area (Å²) in [5.41, 5.74) is 8.33. The van der Waals surface area contributed by atoms with Crippen LogP contribution in [0.1, 0.15) is 101 Å². The second-order valence-electron chi connectivity index (χ2n) is 8.78. The summed E-state index contributed by atoms with van der Waals surface area (Å²) in [5, 5.41) is 0. The summed E-state index contributed by atoms with van der Waals surface area (Å²) in [7, 11) is 0. The van der Waals surface area contributed by atoms with Gasteiger partial charge in [-0.25, -0.2) is 4.58 Å². The molecule has 0 saturated carbocycles. The van der Waals surface area contributed by atoms with Crippen LogP contribution >= 0.6 is 0 Å². The molecule has 33 heavy (non-hydrogen) atoms. The topological polar surface area (TPSA) is 15.4 Å². The summed E-state index contributed by atoms with van der Waals surface area (Å²) < 4.78 is 2.32. The van der Waals surface area contributed by atoms with Gasteiger partial charge in [0, 0.05) is 22.1 Å². The molecule has 0 unspecified atom stereocenters. The molecule has 0 N–H and O–H groups in total. The van der Waals surface area contributed by atoms with Crippen molar-refractivity contribution in [2.24, 2.45) is 4.99 Å². The third kappa shape index (κ3) is 8.86. The molecular weight excluding hydrogens is 447 g/mol. The van der Waals surface area contributed by atoms with E-state index in [-0.39, 0.29) is 16.5 Å². The molecule has 2 rings (SSSR count). The fourth-order valence-electron chi connectivity index (χ4n) is 4.46. The van der Waals surface area contributed by atoms with E-state index in [1.54, 1.807) is 0 Å². The maximum atomic E-state index is 5.11. The van der Waals surface area contributed by atoms with Gasteiger partial charge in [-0.2, -0.15) is 0 Å². The smallest absolute Gasteiger partial charge is 0.234 e. The van der Waals surface area contributed by atoms with Crippen LogP contribution in [-0.2, 0) is 42.2 Å². The van der Waals surface area contributed by atoms with Gasteiger partial charge in [0.15, 0.2) is 5.69 Å². The third-order valence-corrected chi connectivity index (χ3v) is 6.05. The van der Waals surface area contributed by atoms with Crippen LogP contribution in [0.3, 0.4) is 0 Å². The minimum absolute atomic E-state index is 0. The summed E-state index contributed by atoms with van der Waals surface area (Å²) in [4.78, 5) is 5.11. The molecule has 2 aromatic rings. The first-order chi connectivity index (χ1) is 15.6. The van der Waals surface area contributed by atoms with Crippen molar-refractivity contribution < 1.29 is 21.1 Å². The molecule has 0 saturated heterocycles. The van der Waals surface area contributed by atoms with Gasteiger partial charge in [-0.3, -0.25) is 0 Å². The SMILES string of the molecule is CCCc1ccc(C=[N+](CC)C(CC)=Nc2ccc(CCC)c(CCC)c2)cc1CCC.[Ni]. The summed E-state index contributed by atoms with van der Waals surface area (Å²) >= 11 is 0. The fourth-order valence-corrected chi connectivity index (χ4v) is 4.46. The second kappa shape index (κ2) is 16.0. The molecule has 0 radical (unpaired) electrons. The van der Waals surface area contributed by atoms with Gasteiger partial charge in [0.25, 0.3) is 5.84 Å². The van der Waals surface area contributed by atoms with Gasteiger partial charge in [0.05, 0.1) is 19.2 Å². The zero-order valence-electron chi connectivity index (χ0n) is 21.8. The van der Waals surface area contributed by atoms with Gasteiger partial charge in [0.2, 0.25) is 0 Å². The second-order valence-corrected chi connectivity index (χ2v) is 8.78. The normalized spacial score (nSPS) is 12.1. The van der Waals surface area contributed by atoms with Crippen molar-refractivity contribution in [3.8, 4) is 0 Å². The predicted octanol–water partition coefficient (Wildman–Crippen LogP) is 8.09. The van der Waals surface area contributed by atoms with Crippen LogP contribution in [0.4, 0.5) is 5.69 Å². The van der Waals surface area contributed by atoms with Crippen LogP contribution in [0.15, 0.2) is 41.4 Å². The molecule has 0 aromatic heterocycles. The Morgan fingerprint density at radius 2 is 1.21 bits per heavy atom. The van der Waals surface area contributed by atoms with Crippen molar-refractivity contribution in [3.63, 3.8) is 0 Å². The molecule has 0 amide bonds. The van der Waals surface area contributed by atoms with E-state index in [9.17, 15) is 0 Å². The van der Waals surface area contributed by atoms with Crippen molar-refractivity contribution >= 4 is 17.7 Å². The van der Waals surface area contributed by atoms with E-state index >= 15 is 0 Å². The van der Waals surface area contributed by atoms with Crippen LogP contribution in [0, 0.1) is 0 Å². The Hall–Kier alpha value is -1.73. The number of benzene rings is 2. The molecular formula is C30H45N2Ni+. The van der Waals surface area contributed by atoms with E-state index in [1.165, 1.54) is 59.9 Å². The van der Waals surface area contributed by atoms with E-state index in [0.29, 0.717) is 0 Å². The van der Waals surface area contributed by atoms with Crippen molar-refractivity contribution in [1.29, 1.82) is 0 Å². The number of rotatable bonds is 12. The molecule has 184 valence electrons. The summed E-state index contributed by atoms with van der Waals surface area (Å²) in [6.45, 7) is 14.4. The summed E-state index contributed by atoms with van der Waals surface area (Å²) in [5.74, 6) is 1.13. The Bertz CT molecular complexity index is 836. The molecule has 0 bridgehead atoms. The van der Waals surface area contributed by atoms with Crippen LogP contribution in [0.25, 0.3) is 0 Å². The Kier molecular flexibility index (Phi) is 14.2. The van der Waals surface area contributed by atoms with Crippen LogP contribution in [0.5, 0.6) is 0 Å². The van der Waals surface area contributed by atoms with Crippen molar-refractivity contribution in [2.75, 3.05) is 6.54 Å². The molecule has 0 spiro atoms. The minimum atomic E-state index is 0. The van der Waals surface area contributed by atoms with Crippen LogP contribution in [0.2, 0.25) is 0 Å². The maximum Gasteiger partial charge on any atom is 0.298 e. The Morgan fingerprint density at radius 3 is 1.73 bits per heavy atom. The number of nitrogens with zero attached hydrogens (tertiary/aromatic N) is 2. The van der Waals surface area contributed by atoms with E-state index in [2.05, 4.69) is 88.7 Å². The van der Waals surface area contributed by atoms with Gasteiger partial charge >= 0.3 is 0 Å². The van der Waals surface area contributed by atoms with Gasteiger partial charge in [-0.1, -0.05) is 78.5 Å². The zero-order valence-corrected chi connectivity index (χ0v) is 22.8. The fraction of sp³-hybridized carbons (Fsp3) is 0.533. The monoisotopic (exact) mass is 491 g/mol. The number of amidine groups is 1. The average molecular weight is 492 g/mol. The average Bonchev–Trinajstić information content (AvgIpc) is 2.80. The first kappa shape index (κ1) is 29.3. The molecule has 0 aliphatic carbocycles. The van der Waals surface area contributed by atoms with Crippen LogP contribution < -0.4 is 0 Å². The van der Waals surface area contributed by atoms with Gasteiger partial charge in [0.1, 0.15) is 0 Å². The van der Waals surface area contributed by atoms with E-state index in [4.69, 9.17) is 4.99 Å². The summed E-state index contributed by atoms with van der Waals surface area (Å²) in [6, 6.07) is 13.8. The molecule has 3 heteroatoms. The standard InChI is InChI=1S/C30H45N2.Ni/c1-7-13-25-18-17-24(21-27(25)15-9-3)23-32(12-6)30(11-5)31-29-20-19-26(14-8-2)28(22-29)16-10-4;/h17-23H,7-16H2,1-6H3;/q+1;. The number of aryl methyl sites for hydroxylation is 4. The Balaban J connectivity index is 0.00000544. The Labute approximate surface area is 213 Å². The van der Waals surface area contributed by atoms with Gasteiger partial charge in [-0.05, 0) is 78.1 Å². The first-order valence-electron chi connectivity index (χ1n) is 13.0. The summed E-state index contributed by atoms with van der Waals surface area (Å²) in [6.07, 6.45) is 12.6. The Morgan fingerprint density at radius 1 is 0.697 bits per heavy atom. The molecule has 0 atom stereocenters. The maximum absolute atomic E-state index is 5.11. The number of hydrogen-bond acceptors (Lipinski definition) is 1. The minimum Gasteiger partial charge on any atom is -0.234 e. The molecule has 0 aliphatic heterocycles. The van der Waals surface area contributed by atoms with E-state index in [0.717, 1.165) is 43.8 Å². The van der Waals surface area contributed by atoms with E-state index in [1.807, 2.05) is 0 Å². The third-order valence-electron chi connectivity index (χ3n) is 6.05. The van der Waals surface area contributed by atoms with Gasteiger partial charge in [-0.15, -0.1) is 0 Å².